The van der Waals surface area contributed by atoms with Crippen molar-refractivity contribution in [2.24, 2.45) is 5.73 Å². The van der Waals surface area contributed by atoms with Crippen molar-refractivity contribution >= 4 is 13.8 Å². The maximum Gasteiger partial charge on any atom is 0.472 e. The molecule has 0 spiro atoms. The first kappa shape index (κ1) is 48.0. The molecule has 0 bridgehead atoms. The summed E-state index contributed by atoms with van der Waals surface area (Å²) < 4.78 is 33.3. The highest BCUT2D eigenvalue weighted by Gasteiger charge is 2.25. The summed E-state index contributed by atoms with van der Waals surface area (Å²) in [7, 11) is -4.27. The largest absolute Gasteiger partial charge is 0.472 e. The van der Waals surface area contributed by atoms with E-state index in [0.29, 0.717) is 13.0 Å². The molecule has 0 fully saturated rings. The zero-order valence-electron chi connectivity index (χ0n) is 31.9. The minimum Gasteiger partial charge on any atom is -0.457 e. The van der Waals surface area contributed by atoms with E-state index < -0.39 is 13.9 Å². The molecule has 0 aromatic heterocycles. The molecule has 9 heteroatoms. The summed E-state index contributed by atoms with van der Waals surface area (Å²) in [5, 5.41) is 0. The van der Waals surface area contributed by atoms with Crippen LogP contribution in [0.3, 0.4) is 0 Å². The van der Waals surface area contributed by atoms with E-state index in [1.54, 1.807) is 0 Å². The fourth-order valence-electron chi connectivity index (χ4n) is 5.61. The number of nitrogens with two attached hydrogens (primary N) is 1. The molecular formula is C40H78NO7P. The van der Waals surface area contributed by atoms with E-state index in [-0.39, 0.29) is 32.3 Å². The second-order valence-electron chi connectivity index (χ2n) is 13.5. The molecule has 0 aliphatic heterocycles. The SMILES string of the molecule is CCCCC/C=C\C/C=C\CCCCCCCCOCC(COP(=O)(O)OCCN)OC(=O)CCCCCCCCCCCCCCCC. The molecule has 0 aliphatic rings. The fourth-order valence-corrected chi connectivity index (χ4v) is 6.38. The smallest absolute Gasteiger partial charge is 0.457 e. The Hall–Kier alpha value is -1.02. The molecule has 8 nitrogen and oxygen atoms in total. The quantitative estimate of drug-likeness (QED) is 0.0279. The Morgan fingerprint density at radius 3 is 1.63 bits per heavy atom. The van der Waals surface area contributed by atoms with Gasteiger partial charge in [-0.2, -0.15) is 0 Å². The number of rotatable bonds is 39. The summed E-state index contributed by atoms with van der Waals surface area (Å²) in [5.74, 6) is -0.333. The third-order valence-corrected chi connectivity index (χ3v) is 9.61. The Bertz CT molecular complexity index is 807. The molecule has 0 saturated carbocycles. The van der Waals surface area contributed by atoms with Crippen molar-refractivity contribution < 1.29 is 32.8 Å². The second kappa shape index (κ2) is 38.2. The van der Waals surface area contributed by atoms with Gasteiger partial charge in [-0.1, -0.05) is 160 Å². The van der Waals surface area contributed by atoms with Crippen LogP contribution >= 0.6 is 7.82 Å². The normalized spacial score (nSPS) is 13.8. The number of hydrogen-bond donors (Lipinski definition) is 2. The van der Waals surface area contributed by atoms with Crippen molar-refractivity contribution in [3.05, 3.63) is 24.3 Å². The van der Waals surface area contributed by atoms with Crippen molar-refractivity contribution in [3.63, 3.8) is 0 Å². The predicted molar refractivity (Wildman–Crippen MR) is 206 cm³/mol. The van der Waals surface area contributed by atoms with Gasteiger partial charge in [0.2, 0.25) is 0 Å². The lowest BCUT2D eigenvalue weighted by molar-refractivity contribution is -0.154. The summed E-state index contributed by atoms with van der Waals surface area (Å²) in [4.78, 5) is 22.4. The molecule has 0 rings (SSSR count). The number of hydrogen-bond acceptors (Lipinski definition) is 7. The summed E-state index contributed by atoms with van der Waals surface area (Å²) in [6.07, 6.45) is 40.4. The number of phosphoric ester groups is 1. The predicted octanol–water partition coefficient (Wildman–Crippen LogP) is 11.7. The van der Waals surface area contributed by atoms with Gasteiger partial charge < -0.3 is 20.1 Å². The first-order valence-corrected chi connectivity index (χ1v) is 21.8. The van der Waals surface area contributed by atoms with Crippen LogP contribution in [0.15, 0.2) is 24.3 Å². The maximum absolute atomic E-state index is 12.5. The highest BCUT2D eigenvalue weighted by Crippen LogP contribution is 2.43. The van der Waals surface area contributed by atoms with Crippen LogP contribution in [0, 0.1) is 0 Å². The van der Waals surface area contributed by atoms with Crippen molar-refractivity contribution in [3.8, 4) is 0 Å². The van der Waals surface area contributed by atoms with Gasteiger partial charge in [0.25, 0.3) is 0 Å². The zero-order chi connectivity index (χ0) is 35.9. The van der Waals surface area contributed by atoms with E-state index in [1.807, 2.05) is 0 Å². The van der Waals surface area contributed by atoms with Gasteiger partial charge in [-0.3, -0.25) is 13.8 Å². The van der Waals surface area contributed by atoms with Crippen molar-refractivity contribution in [1.82, 2.24) is 0 Å². The molecule has 3 N–H and O–H groups in total. The molecule has 0 amide bonds. The lowest BCUT2D eigenvalue weighted by Crippen LogP contribution is -2.28. The van der Waals surface area contributed by atoms with Crippen LogP contribution in [0.1, 0.15) is 187 Å². The first-order valence-electron chi connectivity index (χ1n) is 20.3. The van der Waals surface area contributed by atoms with Crippen LogP contribution < -0.4 is 5.73 Å². The number of ether oxygens (including phenoxy) is 2. The summed E-state index contributed by atoms with van der Waals surface area (Å²) in [5.41, 5.74) is 5.36. The average molecular weight is 716 g/mol. The van der Waals surface area contributed by atoms with E-state index in [9.17, 15) is 14.3 Å². The lowest BCUT2D eigenvalue weighted by atomic mass is 10.0. The Morgan fingerprint density at radius 2 is 1.08 bits per heavy atom. The van der Waals surface area contributed by atoms with Crippen LogP contribution in [0.4, 0.5) is 0 Å². The Labute approximate surface area is 302 Å². The average Bonchev–Trinajstić information content (AvgIpc) is 3.09. The molecule has 0 aromatic carbocycles. The van der Waals surface area contributed by atoms with E-state index in [2.05, 4.69) is 38.2 Å². The second-order valence-corrected chi connectivity index (χ2v) is 15.0. The summed E-state index contributed by atoms with van der Waals surface area (Å²) in [6, 6.07) is 0. The van der Waals surface area contributed by atoms with Gasteiger partial charge >= 0.3 is 13.8 Å². The molecule has 0 saturated heterocycles. The number of unbranched alkanes of at least 4 members (excludes halogenated alkanes) is 22. The van der Waals surface area contributed by atoms with Gasteiger partial charge in [0, 0.05) is 19.6 Å². The van der Waals surface area contributed by atoms with Crippen LogP contribution in [0.2, 0.25) is 0 Å². The molecule has 0 radical (unpaired) electrons. The number of carbonyl (C=O) groups is 1. The van der Waals surface area contributed by atoms with Gasteiger partial charge in [-0.25, -0.2) is 4.57 Å². The minimum atomic E-state index is -4.27. The van der Waals surface area contributed by atoms with Crippen molar-refractivity contribution in [2.75, 3.05) is 33.0 Å². The van der Waals surface area contributed by atoms with E-state index in [1.165, 1.54) is 122 Å². The van der Waals surface area contributed by atoms with E-state index >= 15 is 0 Å². The third kappa shape index (κ3) is 38.1. The topological polar surface area (TPSA) is 117 Å². The molecule has 49 heavy (non-hydrogen) atoms. The third-order valence-electron chi connectivity index (χ3n) is 8.62. The fraction of sp³-hybridized carbons (Fsp3) is 0.875. The van der Waals surface area contributed by atoms with Gasteiger partial charge in [-0.05, 0) is 44.9 Å². The lowest BCUT2D eigenvalue weighted by Gasteiger charge is -2.20. The Kier molecular flexibility index (Phi) is 37.4. The molecule has 2 atom stereocenters. The molecule has 2 unspecified atom stereocenters. The minimum absolute atomic E-state index is 0.0958. The zero-order valence-corrected chi connectivity index (χ0v) is 32.8. The van der Waals surface area contributed by atoms with Crippen molar-refractivity contribution in [2.45, 2.75) is 193 Å². The summed E-state index contributed by atoms with van der Waals surface area (Å²) in [6.45, 7) is 4.89. The highest BCUT2D eigenvalue weighted by atomic mass is 31.2. The highest BCUT2D eigenvalue weighted by molar-refractivity contribution is 7.47. The monoisotopic (exact) mass is 716 g/mol. The summed E-state index contributed by atoms with van der Waals surface area (Å²) >= 11 is 0. The van der Waals surface area contributed by atoms with Gasteiger partial charge in [0.15, 0.2) is 0 Å². The molecule has 0 aliphatic carbocycles. The molecule has 0 heterocycles. The van der Waals surface area contributed by atoms with Crippen LogP contribution in [-0.4, -0.2) is 49.9 Å². The van der Waals surface area contributed by atoms with Gasteiger partial charge in [0.1, 0.15) is 6.10 Å². The Balaban J connectivity index is 4.06. The number of allylic oxidation sites excluding steroid dienone is 4. The standard InChI is InChI=1S/C40H78NO7P/c1-3-5-7-9-11-13-15-17-19-20-22-24-26-28-30-32-35-45-37-39(38-47-49(43,44)46-36-34-41)48-40(42)33-31-29-27-25-23-21-18-16-14-12-10-8-6-4-2/h11,13,17,19,39H,3-10,12,14-16,18,20-38,41H2,1-2H3,(H,43,44)/b13-11-,19-17-. The molecule has 0 aromatic rings. The van der Waals surface area contributed by atoms with Gasteiger partial charge in [0.05, 0.1) is 19.8 Å². The maximum atomic E-state index is 12.5. The van der Waals surface area contributed by atoms with Crippen molar-refractivity contribution in [1.29, 1.82) is 0 Å². The first-order chi connectivity index (χ1) is 23.9. The van der Waals surface area contributed by atoms with Crippen LogP contribution in [0.25, 0.3) is 0 Å². The van der Waals surface area contributed by atoms with Crippen LogP contribution in [0.5, 0.6) is 0 Å². The van der Waals surface area contributed by atoms with Crippen LogP contribution in [-0.2, 0) is 27.9 Å². The Morgan fingerprint density at radius 1 is 0.612 bits per heavy atom. The number of esters is 1. The number of carbonyl (C=O) groups excluding carboxylic acids is 1. The number of phosphoric acid groups is 1. The molecule has 290 valence electrons. The van der Waals surface area contributed by atoms with E-state index in [0.717, 1.165) is 44.9 Å². The van der Waals surface area contributed by atoms with Gasteiger partial charge in [-0.15, -0.1) is 0 Å². The van der Waals surface area contributed by atoms with E-state index in [4.69, 9.17) is 24.3 Å². The molecular weight excluding hydrogens is 637 g/mol.